The number of rotatable bonds is 6. The minimum absolute atomic E-state index is 0.293. The highest BCUT2D eigenvalue weighted by Crippen LogP contribution is 2.32. The highest BCUT2D eigenvalue weighted by atomic mass is 79.9. The van der Waals surface area contributed by atoms with Crippen molar-refractivity contribution in [2.75, 3.05) is 39.3 Å². The van der Waals surface area contributed by atoms with E-state index in [1.807, 2.05) is 20.8 Å². The highest BCUT2D eigenvalue weighted by molar-refractivity contribution is 9.10. The van der Waals surface area contributed by atoms with Crippen molar-refractivity contribution in [1.29, 1.82) is 0 Å². The zero-order chi connectivity index (χ0) is 21.7. The van der Waals surface area contributed by atoms with E-state index in [0.717, 1.165) is 19.6 Å². The average molecular weight is 483 g/mol. The summed E-state index contributed by atoms with van der Waals surface area (Å²) in [5, 5.41) is 0. The number of carbonyl (C=O) groups is 1. The van der Waals surface area contributed by atoms with Gasteiger partial charge in [-0.05, 0) is 55.3 Å². The van der Waals surface area contributed by atoms with Gasteiger partial charge in [0.1, 0.15) is 17.1 Å². The van der Waals surface area contributed by atoms with Crippen molar-refractivity contribution >= 4 is 22.0 Å². The van der Waals surface area contributed by atoms with Crippen LogP contribution in [0.4, 0.5) is 18.0 Å². The molecule has 0 saturated carbocycles. The summed E-state index contributed by atoms with van der Waals surface area (Å²) in [6, 6.07) is 3.87. The molecule has 0 bridgehead atoms. The second-order valence-corrected chi connectivity index (χ2v) is 8.51. The average Bonchev–Trinajstić information content (AvgIpc) is 2.59. The molecule has 164 valence electrons. The second kappa shape index (κ2) is 9.88. The van der Waals surface area contributed by atoms with Crippen LogP contribution in [0.3, 0.4) is 0 Å². The number of hydrogen-bond acceptors (Lipinski definition) is 5. The molecule has 0 unspecified atom stereocenters. The lowest BCUT2D eigenvalue weighted by atomic mass is 10.2. The van der Waals surface area contributed by atoms with E-state index in [1.165, 1.54) is 18.2 Å². The molecule has 0 atom stereocenters. The zero-order valence-corrected chi connectivity index (χ0v) is 18.3. The molecule has 1 aromatic carbocycles. The lowest BCUT2D eigenvalue weighted by Crippen LogP contribution is -2.50. The molecule has 1 heterocycles. The summed E-state index contributed by atoms with van der Waals surface area (Å²) >= 11 is 3.26. The van der Waals surface area contributed by atoms with Crippen LogP contribution in [0.1, 0.15) is 27.2 Å². The largest absolute Gasteiger partial charge is 0.573 e. The van der Waals surface area contributed by atoms with Crippen LogP contribution in [0.15, 0.2) is 22.7 Å². The first-order valence-electron chi connectivity index (χ1n) is 9.31. The third kappa shape index (κ3) is 8.69. The van der Waals surface area contributed by atoms with Crippen LogP contribution in [-0.4, -0.2) is 67.2 Å². The molecule has 0 spiro atoms. The molecule has 1 aliphatic rings. The molecule has 1 fully saturated rings. The van der Waals surface area contributed by atoms with Gasteiger partial charge in [-0.2, -0.15) is 0 Å². The van der Waals surface area contributed by atoms with Gasteiger partial charge in [0.15, 0.2) is 0 Å². The van der Waals surface area contributed by atoms with Gasteiger partial charge in [-0.25, -0.2) is 4.79 Å². The van der Waals surface area contributed by atoms with Crippen LogP contribution in [-0.2, 0) is 4.74 Å². The Morgan fingerprint density at radius 3 is 2.38 bits per heavy atom. The fraction of sp³-hybridized carbons (Fsp3) is 0.632. The van der Waals surface area contributed by atoms with Crippen LogP contribution in [0, 0.1) is 0 Å². The van der Waals surface area contributed by atoms with Crippen molar-refractivity contribution in [2.24, 2.45) is 0 Å². The lowest BCUT2D eigenvalue weighted by molar-refractivity contribution is -0.274. The number of benzene rings is 1. The van der Waals surface area contributed by atoms with Crippen LogP contribution in [0.25, 0.3) is 0 Å². The summed E-state index contributed by atoms with van der Waals surface area (Å²) in [7, 11) is 0. The topological polar surface area (TPSA) is 51.2 Å². The van der Waals surface area contributed by atoms with Gasteiger partial charge in [0.05, 0.1) is 11.1 Å². The third-order valence-electron chi connectivity index (χ3n) is 4.04. The van der Waals surface area contributed by atoms with E-state index in [0.29, 0.717) is 36.3 Å². The van der Waals surface area contributed by atoms with E-state index in [1.54, 1.807) is 4.90 Å². The molecule has 0 aliphatic carbocycles. The van der Waals surface area contributed by atoms with Gasteiger partial charge in [0.25, 0.3) is 0 Å². The fourth-order valence-electron chi connectivity index (χ4n) is 2.74. The van der Waals surface area contributed by atoms with E-state index >= 15 is 0 Å². The molecular formula is C19H26BrF3N2O4. The molecule has 0 aromatic heterocycles. The minimum Gasteiger partial charge on any atom is -0.492 e. The smallest absolute Gasteiger partial charge is 0.492 e. The van der Waals surface area contributed by atoms with Crippen molar-refractivity contribution in [1.82, 2.24) is 9.80 Å². The number of halogens is 4. The van der Waals surface area contributed by atoms with Gasteiger partial charge in [-0.1, -0.05) is 0 Å². The van der Waals surface area contributed by atoms with E-state index in [-0.39, 0.29) is 11.8 Å². The molecule has 1 aliphatic heterocycles. The maximum absolute atomic E-state index is 12.3. The first-order chi connectivity index (χ1) is 13.4. The Balaban J connectivity index is 1.71. The monoisotopic (exact) mass is 482 g/mol. The second-order valence-electron chi connectivity index (χ2n) is 7.65. The van der Waals surface area contributed by atoms with Gasteiger partial charge in [-0.3, -0.25) is 4.90 Å². The Morgan fingerprint density at radius 2 is 1.79 bits per heavy atom. The van der Waals surface area contributed by atoms with Crippen LogP contribution in [0.5, 0.6) is 11.5 Å². The minimum atomic E-state index is -4.74. The van der Waals surface area contributed by atoms with E-state index in [9.17, 15) is 18.0 Å². The Bertz CT molecular complexity index is 687. The molecule has 6 nitrogen and oxygen atoms in total. The Kier molecular flexibility index (Phi) is 8.04. The van der Waals surface area contributed by atoms with Crippen molar-refractivity contribution in [3.05, 3.63) is 22.7 Å². The summed E-state index contributed by atoms with van der Waals surface area (Å²) in [5.74, 6) is -0.0320. The van der Waals surface area contributed by atoms with E-state index < -0.39 is 12.0 Å². The summed E-state index contributed by atoms with van der Waals surface area (Å²) in [5.41, 5.74) is -0.512. The summed E-state index contributed by atoms with van der Waals surface area (Å²) in [6.07, 6.45) is -4.35. The molecule has 0 N–H and O–H groups in total. The number of alkyl halides is 3. The SMILES string of the molecule is CC(C)(C)OC(=O)N1CCN(CCCOc2cc(OC(F)(F)F)ccc2Br)CC1. The molecule has 0 radical (unpaired) electrons. The Labute approximate surface area is 177 Å². The maximum Gasteiger partial charge on any atom is 0.573 e. The molecule has 1 saturated heterocycles. The first-order valence-corrected chi connectivity index (χ1v) is 10.1. The predicted molar refractivity (Wildman–Crippen MR) is 105 cm³/mol. The molecule has 2 rings (SSSR count). The summed E-state index contributed by atoms with van der Waals surface area (Å²) < 4.78 is 52.4. The van der Waals surface area contributed by atoms with E-state index in [2.05, 4.69) is 25.6 Å². The lowest BCUT2D eigenvalue weighted by Gasteiger charge is -2.35. The van der Waals surface area contributed by atoms with Gasteiger partial charge in [-0.15, -0.1) is 13.2 Å². The quantitative estimate of drug-likeness (QED) is 0.551. The van der Waals surface area contributed by atoms with Gasteiger partial charge in [0, 0.05) is 38.8 Å². The molecule has 1 aromatic rings. The third-order valence-corrected chi connectivity index (χ3v) is 4.69. The van der Waals surface area contributed by atoms with Crippen molar-refractivity contribution in [3.8, 4) is 11.5 Å². The Hall–Kier alpha value is -1.68. The zero-order valence-electron chi connectivity index (χ0n) is 16.7. The van der Waals surface area contributed by atoms with Crippen LogP contribution < -0.4 is 9.47 Å². The van der Waals surface area contributed by atoms with Crippen molar-refractivity contribution in [2.45, 2.75) is 39.2 Å². The number of ether oxygens (including phenoxy) is 3. The highest BCUT2D eigenvalue weighted by Gasteiger charge is 2.31. The van der Waals surface area contributed by atoms with Crippen molar-refractivity contribution < 1.29 is 32.2 Å². The summed E-state index contributed by atoms with van der Waals surface area (Å²) in [4.78, 5) is 16.0. The maximum atomic E-state index is 12.3. The molecule has 29 heavy (non-hydrogen) atoms. The fourth-order valence-corrected chi connectivity index (χ4v) is 3.10. The number of hydrogen-bond donors (Lipinski definition) is 0. The van der Waals surface area contributed by atoms with Crippen LogP contribution in [0.2, 0.25) is 0 Å². The molecular weight excluding hydrogens is 457 g/mol. The number of nitrogens with zero attached hydrogens (tertiary/aromatic N) is 2. The van der Waals surface area contributed by atoms with E-state index in [4.69, 9.17) is 9.47 Å². The molecule has 1 amide bonds. The van der Waals surface area contributed by atoms with Crippen LogP contribution >= 0.6 is 15.9 Å². The number of carbonyl (C=O) groups excluding carboxylic acids is 1. The van der Waals surface area contributed by atoms with Crippen molar-refractivity contribution in [3.63, 3.8) is 0 Å². The Morgan fingerprint density at radius 1 is 1.14 bits per heavy atom. The van der Waals surface area contributed by atoms with Gasteiger partial charge in [0.2, 0.25) is 0 Å². The normalized spacial score (nSPS) is 15.9. The number of amides is 1. The first kappa shape index (κ1) is 23.6. The summed E-state index contributed by atoms with van der Waals surface area (Å²) in [6.45, 7) is 9.28. The standard InChI is InChI=1S/C19H26BrF3N2O4/c1-18(2,3)29-17(26)25-10-8-24(9-11-25)7-4-12-27-16-13-14(5-6-15(16)20)28-19(21,22)23/h5-6,13H,4,7-12H2,1-3H3. The van der Waals surface area contributed by atoms with Gasteiger partial charge >= 0.3 is 12.5 Å². The molecule has 10 heteroatoms. The van der Waals surface area contributed by atoms with Gasteiger partial charge < -0.3 is 19.1 Å². The predicted octanol–water partition coefficient (Wildman–Crippen LogP) is 4.67. The number of piperazine rings is 1.